The van der Waals surface area contributed by atoms with Crippen molar-refractivity contribution in [3.8, 4) is 11.8 Å². The van der Waals surface area contributed by atoms with E-state index in [1.54, 1.807) is 6.07 Å². The molecule has 0 N–H and O–H groups in total. The minimum Gasteiger partial charge on any atom is -0.426 e. The fourth-order valence-corrected chi connectivity index (χ4v) is 2.01. The first-order valence-corrected chi connectivity index (χ1v) is 5.93. The summed E-state index contributed by atoms with van der Waals surface area (Å²) in [5.41, 5.74) is -0.0536. The molecule has 0 bridgehead atoms. The predicted molar refractivity (Wildman–Crippen MR) is 63.0 cm³/mol. The quantitative estimate of drug-likeness (QED) is 0.435. The third-order valence-corrected chi connectivity index (χ3v) is 3.05. The maximum absolute atomic E-state index is 13.3. The number of hydrogen-bond donors (Lipinski definition) is 0. The Hall–Kier alpha value is -0.0848. The van der Waals surface area contributed by atoms with Crippen LogP contribution in [0.5, 0.6) is 5.75 Å². The van der Waals surface area contributed by atoms with E-state index in [2.05, 4.69) is 6.42 Å². The van der Waals surface area contributed by atoms with E-state index in [-0.39, 0.29) is 81.4 Å². The van der Waals surface area contributed by atoms with Crippen LogP contribution in [0, 0.1) is 29.5 Å². The van der Waals surface area contributed by atoms with Crippen molar-refractivity contribution in [2.45, 2.75) is 25.7 Å². The Kier molecular flexibility index (Phi) is 7.37. The topological polar surface area (TPSA) is 50.1 Å². The molecule has 0 atom stereocenters. The molecule has 94 valence electrons. The summed E-state index contributed by atoms with van der Waals surface area (Å²) in [6.07, 6.45) is 5.57. The number of carbonyl (C=O) groups excluding carboxylic acids is 1. The second kappa shape index (κ2) is 8.26. The van der Waals surface area contributed by atoms with E-state index in [9.17, 15) is 9.18 Å². The average molecular weight is 332 g/mol. The largest absolute Gasteiger partial charge is 1.00 e. The molecule has 1 aliphatic carbocycles. The molecule has 1 aliphatic rings. The maximum atomic E-state index is 13.3. The van der Waals surface area contributed by atoms with Gasteiger partial charge in [-0.1, -0.05) is 12.8 Å². The first-order valence-electron chi connectivity index (χ1n) is 5.93. The van der Waals surface area contributed by atoms with E-state index in [1.807, 2.05) is 0 Å². The van der Waals surface area contributed by atoms with Crippen LogP contribution < -0.4 is 62.9 Å². The molecule has 0 heterocycles. The molecule has 1 saturated carbocycles. The zero-order chi connectivity index (χ0) is 13.0. The minimum absolute atomic E-state index is 0. The Labute approximate surface area is 160 Å². The fourth-order valence-electron chi connectivity index (χ4n) is 2.01. The van der Waals surface area contributed by atoms with Crippen molar-refractivity contribution in [2.75, 3.05) is 0 Å². The van der Waals surface area contributed by atoms with Crippen LogP contribution >= 0.6 is 0 Å². The number of halogens is 1. The van der Waals surface area contributed by atoms with Crippen molar-refractivity contribution in [1.82, 2.24) is 0 Å². The standard InChI is InChI=1S/C14H13FNO2.Rb/c15-13-8-12(7-6-11(13)9-16)18-14(17)10-4-2-1-3-5-10;/h1,6-8,10H,2-5H2;/q-1;+1. The molecule has 0 spiro atoms. The Morgan fingerprint density at radius 2 is 2.11 bits per heavy atom. The number of ether oxygens (including phenoxy) is 1. The van der Waals surface area contributed by atoms with Crippen LogP contribution in [-0.2, 0) is 4.79 Å². The molecular formula is C14H13FNO2Rb. The van der Waals surface area contributed by atoms with Gasteiger partial charge in [-0.05, 0) is 12.1 Å². The molecule has 0 radical (unpaired) electrons. The van der Waals surface area contributed by atoms with Crippen molar-refractivity contribution >= 4 is 5.97 Å². The third-order valence-electron chi connectivity index (χ3n) is 3.05. The van der Waals surface area contributed by atoms with Crippen molar-refractivity contribution in [3.05, 3.63) is 36.0 Å². The van der Waals surface area contributed by atoms with Gasteiger partial charge in [-0.3, -0.25) is 4.79 Å². The molecule has 3 nitrogen and oxygen atoms in total. The van der Waals surface area contributed by atoms with Gasteiger partial charge in [0.1, 0.15) is 17.6 Å². The van der Waals surface area contributed by atoms with Gasteiger partial charge in [0.25, 0.3) is 0 Å². The van der Waals surface area contributed by atoms with Gasteiger partial charge in [0.15, 0.2) is 0 Å². The molecule has 1 fully saturated rings. The number of nitrogens with zero attached hydrogens (tertiary/aromatic N) is 1. The van der Waals surface area contributed by atoms with Crippen LogP contribution in [0.2, 0.25) is 0 Å². The molecule has 0 aliphatic heterocycles. The van der Waals surface area contributed by atoms with E-state index in [1.165, 1.54) is 12.1 Å². The number of carbonyl (C=O) groups is 1. The van der Waals surface area contributed by atoms with Crippen LogP contribution in [0.3, 0.4) is 0 Å². The normalized spacial score (nSPS) is 15.2. The molecule has 19 heavy (non-hydrogen) atoms. The first kappa shape index (κ1) is 17.0. The van der Waals surface area contributed by atoms with Gasteiger partial charge in [-0.15, -0.1) is 0 Å². The number of rotatable bonds is 2. The van der Waals surface area contributed by atoms with Crippen LogP contribution in [0.4, 0.5) is 4.39 Å². The first-order chi connectivity index (χ1) is 8.70. The molecule has 5 heteroatoms. The third kappa shape index (κ3) is 4.75. The van der Waals surface area contributed by atoms with E-state index >= 15 is 0 Å². The zero-order valence-corrected chi connectivity index (χ0v) is 15.8. The van der Waals surface area contributed by atoms with Crippen LogP contribution in [0.25, 0.3) is 0 Å². The predicted octanol–water partition coefficient (Wildman–Crippen LogP) is 0.00127. The Morgan fingerprint density at radius 3 is 2.68 bits per heavy atom. The van der Waals surface area contributed by atoms with Gasteiger partial charge in [0, 0.05) is 6.07 Å². The van der Waals surface area contributed by atoms with Gasteiger partial charge in [0.2, 0.25) is 0 Å². The van der Waals surface area contributed by atoms with Crippen molar-refractivity contribution in [2.24, 2.45) is 5.92 Å². The number of benzene rings is 1. The zero-order valence-electron chi connectivity index (χ0n) is 10.9. The number of hydrogen-bond acceptors (Lipinski definition) is 3. The van der Waals surface area contributed by atoms with E-state index < -0.39 is 5.82 Å². The summed E-state index contributed by atoms with van der Waals surface area (Å²) in [7, 11) is 0. The van der Waals surface area contributed by atoms with Gasteiger partial charge < -0.3 is 11.2 Å². The molecule has 2 rings (SSSR count). The molecule has 0 unspecified atom stereocenters. The molecule has 0 saturated heterocycles. The smallest absolute Gasteiger partial charge is 0.426 e. The van der Waals surface area contributed by atoms with Crippen LogP contribution in [0.15, 0.2) is 18.2 Å². The summed E-state index contributed by atoms with van der Waals surface area (Å²) in [6.45, 7) is 0. The van der Waals surface area contributed by atoms with E-state index in [0.717, 1.165) is 31.7 Å². The summed E-state index contributed by atoms with van der Waals surface area (Å²) in [6, 6.07) is 5.55. The fraction of sp³-hybridized carbons (Fsp3) is 0.357. The molecule has 0 amide bonds. The Balaban J connectivity index is 0.00000180. The Morgan fingerprint density at radius 1 is 1.42 bits per heavy atom. The van der Waals surface area contributed by atoms with Gasteiger partial charge in [0.05, 0.1) is 11.5 Å². The molecule has 0 aromatic heterocycles. The van der Waals surface area contributed by atoms with E-state index in [4.69, 9.17) is 10.00 Å². The summed E-state index contributed by atoms with van der Waals surface area (Å²) in [4.78, 5) is 11.8. The van der Waals surface area contributed by atoms with Crippen molar-refractivity contribution < 1.29 is 72.1 Å². The minimum atomic E-state index is -0.667. The van der Waals surface area contributed by atoms with Gasteiger partial charge in [-0.2, -0.15) is 18.1 Å². The van der Waals surface area contributed by atoms with Crippen LogP contribution in [-0.4, -0.2) is 5.97 Å². The number of esters is 1. The van der Waals surface area contributed by atoms with Crippen LogP contribution in [0.1, 0.15) is 31.2 Å². The molecule has 1 aromatic carbocycles. The maximum Gasteiger partial charge on any atom is 1.00 e. The van der Waals surface area contributed by atoms with Crippen molar-refractivity contribution in [1.29, 1.82) is 5.26 Å². The summed E-state index contributed by atoms with van der Waals surface area (Å²) in [5.74, 6) is -0.924. The van der Waals surface area contributed by atoms with Gasteiger partial charge >= 0.3 is 64.2 Å². The average Bonchev–Trinajstić information content (AvgIpc) is 2.40. The monoisotopic (exact) mass is 331 g/mol. The second-order valence-corrected chi connectivity index (χ2v) is 4.31. The number of nitriles is 1. The molecular weight excluding hydrogens is 319 g/mol. The van der Waals surface area contributed by atoms with Gasteiger partial charge in [-0.25, -0.2) is 4.39 Å². The SMILES string of the molecule is N#Cc1ccc(OC(=O)C2CC[CH-]CC2)cc1F.[Rb+]. The summed E-state index contributed by atoms with van der Waals surface area (Å²) in [5, 5.41) is 8.59. The Bertz CT molecular complexity index is 493. The summed E-state index contributed by atoms with van der Waals surface area (Å²) < 4.78 is 18.5. The molecule has 1 aromatic rings. The summed E-state index contributed by atoms with van der Waals surface area (Å²) >= 11 is 0. The van der Waals surface area contributed by atoms with Crippen molar-refractivity contribution in [3.63, 3.8) is 0 Å². The van der Waals surface area contributed by atoms with E-state index in [0.29, 0.717) is 0 Å². The second-order valence-electron chi connectivity index (χ2n) is 4.31.